The number of esters is 1. The lowest BCUT2D eigenvalue weighted by Crippen LogP contribution is -2.35. The molecule has 1 fully saturated rings. The first-order valence-corrected chi connectivity index (χ1v) is 10.7. The highest BCUT2D eigenvalue weighted by atomic mass is 32.2. The van der Waals surface area contributed by atoms with E-state index in [2.05, 4.69) is 0 Å². The number of nitrogens with zero attached hydrogens (tertiary/aromatic N) is 1. The van der Waals surface area contributed by atoms with Gasteiger partial charge in [-0.3, -0.25) is 4.79 Å². The average Bonchev–Trinajstić information content (AvgIpc) is 3.17. The summed E-state index contributed by atoms with van der Waals surface area (Å²) in [4.78, 5) is 12.4. The number of benzene rings is 2. The largest absolute Gasteiger partial charge is 0.454 e. The average molecular weight is 403 g/mol. The Morgan fingerprint density at radius 2 is 1.68 bits per heavy atom. The second-order valence-corrected chi connectivity index (χ2v) is 8.71. The van der Waals surface area contributed by atoms with Gasteiger partial charge >= 0.3 is 5.97 Å². The van der Waals surface area contributed by atoms with Crippen molar-refractivity contribution in [3.8, 4) is 17.2 Å². The van der Waals surface area contributed by atoms with E-state index in [0.29, 0.717) is 35.9 Å². The van der Waals surface area contributed by atoms with Crippen molar-refractivity contribution < 1.29 is 27.4 Å². The van der Waals surface area contributed by atoms with Crippen LogP contribution in [0.4, 0.5) is 0 Å². The number of piperidine rings is 1. The summed E-state index contributed by atoms with van der Waals surface area (Å²) in [5, 5.41) is 0. The number of rotatable bonds is 5. The van der Waals surface area contributed by atoms with Crippen molar-refractivity contribution in [2.75, 3.05) is 19.9 Å². The number of carbonyl (C=O) groups excluding carboxylic acids is 1. The lowest BCUT2D eigenvalue weighted by molar-refractivity contribution is -0.133. The molecular weight excluding hydrogens is 382 g/mol. The number of hydrogen-bond acceptors (Lipinski definition) is 6. The minimum absolute atomic E-state index is 0.0402. The molecule has 8 heteroatoms. The Kier molecular flexibility index (Phi) is 5.23. The number of hydrogen-bond donors (Lipinski definition) is 0. The molecule has 0 N–H and O–H groups in total. The summed E-state index contributed by atoms with van der Waals surface area (Å²) in [6.45, 7) is 1.28. The van der Waals surface area contributed by atoms with E-state index in [4.69, 9.17) is 14.2 Å². The van der Waals surface area contributed by atoms with Crippen LogP contribution < -0.4 is 14.2 Å². The zero-order valence-electron chi connectivity index (χ0n) is 15.3. The zero-order chi connectivity index (χ0) is 19.6. The minimum Gasteiger partial charge on any atom is -0.454 e. The smallest absolute Gasteiger partial charge is 0.315 e. The molecule has 0 radical (unpaired) electrons. The maximum atomic E-state index is 12.7. The first kappa shape index (κ1) is 18.8. The summed E-state index contributed by atoms with van der Waals surface area (Å²) in [6.07, 6.45) is 2.89. The monoisotopic (exact) mass is 403 g/mol. The van der Waals surface area contributed by atoms with E-state index in [0.717, 1.165) is 19.3 Å². The molecule has 0 aromatic heterocycles. The second kappa shape index (κ2) is 7.81. The van der Waals surface area contributed by atoms with Gasteiger partial charge in [0.15, 0.2) is 11.5 Å². The van der Waals surface area contributed by atoms with Crippen LogP contribution in [0.5, 0.6) is 17.2 Å². The van der Waals surface area contributed by atoms with Gasteiger partial charge in [0, 0.05) is 19.2 Å². The third-order valence-corrected chi connectivity index (χ3v) is 6.71. The third kappa shape index (κ3) is 3.98. The molecule has 148 valence electrons. The Balaban J connectivity index is 1.39. The first-order valence-electron chi connectivity index (χ1n) is 9.22. The van der Waals surface area contributed by atoms with Crippen LogP contribution in [-0.4, -0.2) is 38.6 Å². The van der Waals surface area contributed by atoms with E-state index >= 15 is 0 Å². The summed E-state index contributed by atoms with van der Waals surface area (Å²) < 4.78 is 42.7. The van der Waals surface area contributed by atoms with Gasteiger partial charge in [0.25, 0.3) is 0 Å². The van der Waals surface area contributed by atoms with Crippen molar-refractivity contribution in [3.05, 3.63) is 48.0 Å². The molecule has 4 rings (SSSR count). The lowest BCUT2D eigenvalue weighted by Gasteiger charge is -2.25. The molecule has 2 aliphatic heterocycles. The Labute approximate surface area is 163 Å². The van der Waals surface area contributed by atoms with Gasteiger partial charge < -0.3 is 14.2 Å². The van der Waals surface area contributed by atoms with E-state index < -0.39 is 16.0 Å². The Hall–Kier alpha value is -2.58. The van der Waals surface area contributed by atoms with Gasteiger partial charge in [0.05, 0.1) is 11.3 Å². The molecule has 2 heterocycles. The van der Waals surface area contributed by atoms with Crippen molar-refractivity contribution in [2.45, 2.75) is 30.6 Å². The van der Waals surface area contributed by atoms with Gasteiger partial charge in [-0.2, -0.15) is 4.31 Å². The van der Waals surface area contributed by atoms with Gasteiger partial charge in [0.1, 0.15) is 5.75 Å². The van der Waals surface area contributed by atoms with Crippen LogP contribution in [0.2, 0.25) is 0 Å². The third-order valence-electron chi connectivity index (χ3n) is 4.80. The van der Waals surface area contributed by atoms with Gasteiger partial charge in [-0.1, -0.05) is 18.6 Å². The van der Waals surface area contributed by atoms with Gasteiger partial charge in [-0.05, 0) is 42.7 Å². The van der Waals surface area contributed by atoms with Crippen molar-refractivity contribution >= 4 is 16.0 Å². The van der Waals surface area contributed by atoms with E-state index in [1.54, 1.807) is 42.5 Å². The van der Waals surface area contributed by atoms with Gasteiger partial charge in [-0.25, -0.2) is 8.42 Å². The molecule has 0 spiro atoms. The Morgan fingerprint density at radius 1 is 0.964 bits per heavy atom. The maximum Gasteiger partial charge on any atom is 0.315 e. The molecule has 7 nitrogen and oxygen atoms in total. The van der Waals surface area contributed by atoms with Gasteiger partial charge in [0.2, 0.25) is 16.8 Å². The van der Waals surface area contributed by atoms with Crippen LogP contribution in [0, 0.1) is 0 Å². The highest BCUT2D eigenvalue weighted by Gasteiger charge is 2.25. The van der Waals surface area contributed by atoms with Crippen LogP contribution in [0.1, 0.15) is 24.8 Å². The van der Waals surface area contributed by atoms with Crippen LogP contribution in [0.15, 0.2) is 47.4 Å². The summed E-state index contributed by atoms with van der Waals surface area (Å²) in [7, 11) is -3.47. The molecule has 0 atom stereocenters. The van der Waals surface area contributed by atoms with E-state index in [1.165, 1.54) is 4.31 Å². The predicted molar refractivity (Wildman–Crippen MR) is 101 cm³/mol. The van der Waals surface area contributed by atoms with Gasteiger partial charge in [-0.15, -0.1) is 0 Å². The zero-order valence-corrected chi connectivity index (χ0v) is 16.1. The fraction of sp³-hybridized carbons (Fsp3) is 0.350. The number of fused-ring (bicyclic) bond motifs is 1. The molecule has 2 aromatic rings. The van der Waals surface area contributed by atoms with Crippen LogP contribution >= 0.6 is 0 Å². The van der Waals surface area contributed by atoms with E-state index in [9.17, 15) is 13.2 Å². The first-order chi connectivity index (χ1) is 13.5. The summed E-state index contributed by atoms with van der Waals surface area (Å²) in [5.41, 5.74) is 0.684. The molecule has 0 saturated carbocycles. The van der Waals surface area contributed by atoms with Crippen molar-refractivity contribution in [1.82, 2.24) is 4.31 Å². The Morgan fingerprint density at radius 3 is 2.43 bits per heavy atom. The second-order valence-electron chi connectivity index (χ2n) is 6.77. The van der Waals surface area contributed by atoms with Crippen LogP contribution in [0.3, 0.4) is 0 Å². The highest BCUT2D eigenvalue weighted by Crippen LogP contribution is 2.35. The van der Waals surface area contributed by atoms with Crippen molar-refractivity contribution in [2.24, 2.45) is 0 Å². The van der Waals surface area contributed by atoms with Crippen LogP contribution in [0.25, 0.3) is 0 Å². The van der Waals surface area contributed by atoms with Crippen molar-refractivity contribution in [3.63, 3.8) is 0 Å². The number of carbonyl (C=O) groups is 1. The summed E-state index contributed by atoms with van der Waals surface area (Å²) in [6, 6.07) is 11.3. The summed E-state index contributed by atoms with van der Waals surface area (Å²) >= 11 is 0. The van der Waals surface area contributed by atoms with Crippen molar-refractivity contribution in [1.29, 1.82) is 0 Å². The number of ether oxygens (including phenoxy) is 3. The molecule has 2 aliphatic rings. The number of sulfonamides is 1. The Bertz CT molecular complexity index is 965. The molecule has 0 amide bonds. The standard InChI is InChI=1S/C20H21NO6S/c22-20(27-16-6-9-18-19(13-16)26-14-25-18)12-15-4-7-17(8-5-15)28(23,24)21-10-2-1-3-11-21/h4-9,13H,1-3,10-12,14H2. The normalized spacial score (nSPS) is 16.7. The molecule has 0 bridgehead atoms. The molecule has 0 aliphatic carbocycles. The molecule has 28 heavy (non-hydrogen) atoms. The summed E-state index contributed by atoms with van der Waals surface area (Å²) in [5.74, 6) is 1.09. The van der Waals surface area contributed by atoms with E-state index in [-0.39, 0.29) is 18.1 Å². The van der Waals surface area contributed by atoms with Crippen LogP contribution in [-0.2, 0) is 21.2 Å². The molecular formula is C20H21NO6S. The quantitative estimate of drug-likeness (QED) is 0.564. The molecule has 2 aromatic carbocycles. The maximum absolute atomic E-state index is 12.7. The molecule has 1 saturated heterocycles. The fourth-order valence-electron chi connectivity index (χ4n) is 3.31. The predicted octanol–water partition coefficient (Wildman–Crippen LogP) is 2.74. The minimum atomic E-state index is -3.47. The fourth-order valence-corrected chi connectivity index (χ4v) is 4.83. The SMILES string of the molecule is O=C(Cc1ccc(S(=O)(=O)N2CCCCC2)cc1)Oc1ccc2c(c1)OCO2. The highest BCUT2D eigenvalue weighted by molar-refractivity contribution is 7.89. The lowest BCUT2D eigenvalue weighted by atomic mass is 10.1. The topological polar surface area (TPSA) is 82.1 Å². The molecule has 0 unspecified atom stereocenters. The van der Waals surface area contributed by atoms with E-state index in [1.807, 2.05) is 0 Å².